The third-order valence-corrected chi connectivity index (χ3v) is 5.07. The molecule has 0 saturated carbocycles. The highest BCUT2D eigenvalue weighted by molar-refractivity contribution is 5.94. The van der Waals surface area contributed by atoms with Crippen molar-refractivity contribution >= 4 is 16.8 Å². The molecule has 1 atom stereocenters. The van der Waals surface area contributed by atoms with E-state index in [1.54, 1.807) is 29.2 Å². The van der Waals surface area contributed by atoms with Crippen LogP contribution >= 0.6 is 0 Å². The van der Waals surface area contributed by atoms with Crippen LogP contribution in [0, 0.1) is 0 Å². The van der Waals surface area contributed by atoms with Gasteiger partial charge >= 0.3 is 6.18 Å². The number of benzene rings is 1. The number of aromatic nitrogens is 3. The number of amides is 1. The van der Waals surface area contributed by atoms with Crippen molar-refractivity contribution < 1.29 is 18.0 Å². The van der Waals surface area contributed by atoms with Crippen LogP contribution in [0.15, 0.2) is 53.7 Å². The van der Waals surface area contributed by atoms with Gasteiger partial charge in [0.1, 0.15) is 5.69 Å². The molecule has 9 heteroatoms. The van der Waals surface area contributed by atoms with Gasteiger partial charge in [-0.3, -0.25) is 19.1 Å². The van der Waals surface area contributed by atoms with Gasteiger partial charge in [-0.25, -0.2) is 4.98 Å². The van der Waals surface area contributed by atoms with Crippen LogP contribution in [0.4, 0.5) is 13.2 Å². The summed E-state index contributed by atoms with van der Waals surface area (Å²) in [6, 6.07) is 8.72. The first-order chi connectivity index (χ1) is 13.8. The SMILES string of the molecule is O=C(c1ccc(C(F)(F)F)nc1)N1CCCC(n2cnc3ccccc3c2=O)C1. The summed E-state index contributed by atoms with van der Waals surface area (Å²) in [5.41, 5.74) is -0.526. The molecular weight excluding hydrogens is 385 g/mol. The number of piperidine rings is 1. The topological polar surface area (TPSA) is 68.1 Å². The van der Waals surface area contributed by atoms with E-state index < -0.39 is 17.8 Å². The van der Waals surface area contributed by atoms with Gasteiger partial charge in [-0.2, -0.15) is 13.2 Å². The molecule has 1 unspecified atom stereocenters. The molecular formula is C20H17F3N4O2. The molecule has 6 nitrogen and oxygen atoms in total. The third-order valence-electron chi connectivity index (χ3n) is 5.07. The molecule has 0 spiro atoms. The predicted molar refractivity (Wildman–Crippen MR) is 99.4 cm³/mol. The Balaban J connectivity index is 1.56. The summed E-state index contributed by atoms with van der Waals surface area (Å²) in [4.78, 5) is 34.8. The molecule has 0 N–H and O–H groups in total. The maximum Gasteiger partial charge on any atom is 0.433 e. The molecule has 3 aromatic rings. The molecule has 3 heterocycles. The van der Waals surface area contributed by atoms with Crippen molar-refractivity contribution in [1.82, 2.24) is 19.4 Å². The van der Waals surface area contributed by atoms with Gasteiger partial charge in [0.2, 0.25) is 0 Å². The summed E-state index contributed by atoms with van der Waals surface area (Å²) in [5, 5.41) is 0.505. The number of hydrogen-bond donors (Lipinski definition) is 0. The zero-order chi connectivity index (χ0) is 20.6. The Morgan fingerprint density at radius 3 is 2.62 bits per heavy atom. The second-order valence-electron chi connectivity index (χ2n) is 6.95. The molecule has 29 heavy (non-hydrogen) atoms. The van der Waals surface area contributed by atoms with Crippen molar-refractivity contribution in [2.45, 2.75) is 25.1 Å². The highest BCUT2D eigenvalue weighted by Crippen LogP contribution is 2.28. The van der Waals surface area contributed by atoms with Crippen LogP contribution in [-0.4, -0.2) is 38.4 Å². The average molecular weight is 402 g/mol. The average Bonchev–Trinajstić information content (AvgIpc) is 2.73. The number of fused-ring (bicyclic) bond motifs is 1. The van der Waals surface area contributed by atoms with E-state index in [0.29, 0.717) is 30.3 Å². The zero-order valence-corrected chi connectivity index (χ0v) is 15.3. The second kappa shape index (κ2) is 7.31. The summed E-state index contributed by atoms with van der Waals surface area (Å²) in [5.74, 6) is -0.405. The van der Waals surface area contributed by atoms with Crippen LogP contribution in [0.5, 0.6) is 0 Å². The quantitative estimate of drug-likeness (QED) is 0.660. The van der Waals surface area contributed by atoms with Gasteiger partial charge in [0.05, 0.1) is 28.8 Å². The first-order valence-corrected chi connectivity index (χ1v) is 9.13. The van der Waals surface area contributed by atoms with Crippen molar-refractivity contribution in [1.29, 1.82) is 0 Å². The smallest absolute Gasteiger partial charge is 0.337 e. The maximum atomic E-state index is 12.8. The minimum atomic E-state index is -4.55. The summed E-state index contributed by atoms with van der Waals surface area (Å²) in [7, 11) is 0. The Morgan fingerprint density at radius 1 is 1.10 bits per heavy atom. The van der Waals surface area contributed by atoms with Crippen LogP contribution in [0.1, 0.15) is 34.9 Å². The number of rotatable bonds is 2. The Bertz CT molecular complexity index is 1110. The zero-order valence-electron chi connectivity index (χ0n) is 15.3. The molecule has 4 rings (SSSR count). The van der Waals surface area contributed by atoms with E-state index in [0.717, 1.165) is 18.3 Å². The fourth-order valence-corrected chi connectivity index (χ4v) is 3.58. The number of hydrogen-bond acceptors (Lipinski definition) is 4. The van der Waals surface area contributed by atoms with E-state index in [9.17, 15) is 22.8 Å². The van der Waals surface area contributed by atoms with Gasteiger partial charge in [-0.05, 0) is 37.1 Å². The van der Waals surface area contributed by atoms with Crippen LogP contribution in [0.25, 0.3) is 10.9 Å². The fraction of sp³-hybridized carbons (Fsp3) is 0.300. The van der Waals surface area contributed by atoms with Crippen LogP contribution in [0.3, 0.4) is 0 Å². The molecule has 1 saturated heterocycles. The number of pyridine rings is 1. The largest absolute Gasteiger partial charge is 0.433 e. The minimum Gasteiger partial charge on any atom is -0.337 e. The Hall–Kier alpha value is -3.23. The van der Waals surface area contributed by atoms with Crippen molar-refractivity contribution in [3.63, 3.8) is 0 Å². The molecule has 2 aromatic heterocycles. The van der Waals surface area contributed by atoms with E-state index in [1.165, 1.54) is 10.9 Å². The lowest BCUT2D eigenvalue weighted by Gasteiger charge is -2.33. The lowest BCUT2D eigenvalue weighted by molar-refractivity contribution is -0.141. The van der Waals surface area contributed by atoms with Gasteiger partial charge < -0.3 is 4.90 Å². The van der Waals surface area contributed by atoms with Crippen molar-refractivity contribution in [2.24, 2.45) is 0 Å². The molecule has 0 aliphatic carbocycles. The number of likely N-dealkylation sites (tertiary alicyclic amines) is 1. The van der Waals surface area contributed by atoms with Crippen LogP contribution < -0.4 is 5.56 Å². The molecule has 1 aromatic carbocycles. The normalized spacial score (nSPS) is 17.5. The molecule has 1 amide bonds. The lowest BCUT2D eigenvalue weighted by Crippen LogP contribution is -2.43. The Morgan fingerprint density at radius 2 is 1.90 bits per heavy atom. The third kappa shape index (κ3) is 3.72. The maximum absolute atomic E-state index is 12.8. The van der Waals surface area contributed by atoms with Crippen LogP contribution in [-0.2, 0) is 6.18 Å². The van der Waals surface area contributed by atoms with E-state index in [1.807, 2.05) is 0 Å². The number of carbonyl (C=O) groups is 1. The van der Waals surface area contributed by atoms with Crippen LogP contribution in [0.2, 0.25) is 0 Å². The Kier molecular flexibility index (Phi) is 4.81. The summed E-state index contributed by atoms with van der Waals surface area (Å²) in [6.07, 6.45) is -0.748. The predicted octanol–water partition coefficient (Wildman–Crippen LogP) is 3.29. The number of para-hydroxylation sites is 1. The number of nitrogens with zero attached hydrogens (tertiary/aromatic N) is 4. The monoisotopic (exact) mass is 402 g/mol. The summed E-state index contributed by atoms with van der Waals surface area (Å²) < 4.78 is 39.5. The standard InChI is InChI=1S/C20H17F3N4O2/c21-20(22,23)17-8-7-13(10-24-17)18(28)26-9-3-4-14(11-26)27-12-25-16-6-2-1-5-15(16)19(27)29/h1-2,5-8,10,12,14H,3-4,9,11H2. The fourth-order valence-electron chi connectivity index (χ4n) is 3.58. The van der Waals surface area contributed by atoms with E-state index >= 15 is 0 Å². The highest BCUT2D eigenvalue weighted by atomic mass is 19.4. The van der Waals surface area contributed by atoms with E-state index in [-0.39, 0.29) is 23.7 Å². The molecule has 1 fully saturated rings. The van der Waals surface area contributed by atoms with E-state index in [4.69, 9.17) is 0 Å². The first kappa shape index (κ1) is 19.1. The first-order valence-electron chi connectivity index (χ1n) is 9.13. The van der Waals surface area contributed by atoms with Gasteiger partial charge in [0.15, 0.2) is 0 Å². The number of carbonyl (C=O) groups excluding carboxylic acids is 1. The summed E-state index contributed by atoms with van der Waals surface area (Å²) in [6.45, 7) is 0.742. The van der Waals surface area contributed by atoms with Gasteiger partial charge in [0, 0.05) is 19.3 Å². The summed E-state index contributed by atoms with van der Waals surface area (Å²) >= 11 is 0. The molecule has 0 bridgehead atoms. The van der Waals surface area contributed by atoms with Crippen molar-refractivity contribution in [3.8, 4) is 0 Å². The van der Waals surface area contributed by atoms with Gasteiger partial charge in [0.25, 0.3) is 11.5 Å². The van der Waals surface area contributed by atoms with Gasteiger partial charge in [-0.15, -0.1) is 0 Å². The minimum absolute atomic E-state index is 0.0858. The van der Waals surface area contributed by atoms with Crippen molar-refractivity contribution in [2.75, 3.05) is 13.1 Å². The molecule has 0 radical (unpaired) electrons. The molecule has 150 valence electrons. The number of halogens is 3. The van der Waals surface area contributed by atoms with Crippen molar-refractivity contribution in [3.05, 3.63) is 70.5 Å². The molecule has 1 aliphatic heterocycles. The number of alkyl halides is 3. The van der Waals surface area contributed by atoms with Gasteiger partial charge in [-0.1, -0.05) is 12.1 Å². The molecule has 1 aliphatic rings. The lowest BCUT2D eigenvalue weighted by atomic mass is 10.0. The second-order valence-corrected chi connectivity index (χ2v) is 6.95. The van der Waals surface area contributed by atoms with E-state index in [2.05, 4.69) is 9.97 Å². The highest BCUT2D eigenvalue weighted by Gasteiger charge is 2.33. The Labute approximate surface area is 163 Å².